The first-order valence-electron chi connectivity index (χ1n) is 9.79. The normalized spacial score (nSPS) is 31.2. The van der Waals surface area contributed by atoms with Crippen LogP contribution in [0.15, 0.2) is 29.0 Å². The maximum Gasteiger partial charge on any atom is 0.230 e. The Labute approximate surface area is 159 Å². The van der Waals surface area contributed by atoms with Crippen LogP contribution in [0.25, 0.3) is 0 Å². The van der Waals surface area contributed by atoms with E-state index >= 15 is 0 Å². The van der Waals surface area contributed by atoms with Crippen molar-refractivity contribution in [1.82, 2.24) is 15.0 Å². The highest BCUT2D eigenvalue weighted by atomic mass is 16.5. The molecule has 1 spiro atoms. The van der Waals surface area contributed by atoms with Crippen LogP contribution in [-0.4, -0.2) is 58.6 Å². The molecule has 1 aromatic heterocycles. The third-order valence-electron chi connectivity index (χ3n) is 6.36. The van der Waals surface area contributed by atoms with Gasteiger partial charge in [-0.3, -0.25) is 9.59 Å². The molecule has 7 heteroatoms. The number of rotatable bonds is 7. The molecule has 4 atom stereocenters. The minimum absolute atomic E-state index is 0.0573. The molecular formula is C20H27N3O4. The topological polar surface area (TPSA) is 75.9 Å². The lowest BCUT2D eigenvalue weighted by atomic mass is 9.76. The number of hydrogen-bond donors (Lipinski definition) is 0. The fraction of sp³-hybridized carbons (Fsp3) is 0.650. The van der Waals surface area contributed by atoms with Crippen molar-refractivity contribution in [2.75, 3.05) is 20.1 Å². The van der Waals surface area contributed by atoms with Gasteiger partial charge in [-0.05, 0) is 5.92 Å². The molecule has 0 aromatic carbocycles. The van der Waals surface area contributed by atoms with Crippen molar-refractivity contribution in [2.24, 2.45) is 17.8 Å². The maximum absolute atomic E-state index is 13.2. The Bertz CT molecular complexity index is 742. The molecule has 146 valence electrons. The van der Waals surface area contributed by atoms with Gasteiger partial charge in [0.15, 0.2) is 0 Å². The van der Waals surface area contributed by atoms with E-state index < -0.39 is 17.4 Å². The van der Waals surface area contributed by atoms with Gasteiger partial charge in [0, 0.05) is 19.7 Å². The van der Waals surface area contributed by atoms with Crippen molar-refractivity contribution < 1.29 is 18.8 Å². The Morgan fingerprint density at radius 1 is 1.44 bits per heavy atom. The summed E-state index contributed by atoms with van der Waals surface area (Å²) in [5, 5.41) is 3.87. The number of likely N-dealkylation sites (tertiary alicyclic amines) is 1. The van der Waals surface area contributed by atoms with E-state index in [1.165, 1.54) is 6.26 Å². The molecule has 7 nitrogen and oxygen atoms in total. The average Bonchev–Trinajstić information content (AvgIpc) is 3.42. The minimum Gasteiger partial charge on any atom is -0.364 e. The van der Waals surface area contributed by atoms with E-state index in [-0.39, 0.29) is 17.9 Å². The van der Waals surface area contributed by atoms with Gasteiger partial charge < -0.3 is 19.1 Å². The molecule has 3 aliphatic heterocycles. The second-order valence-electron chi connectivity index (χ2n) is 7.99. The van der Waals surface area contributed by atoms with Gasteiger partial charge in [-0.15, -0.1) is 0 Å². The first-order valence-corrected chi connectivity index (χ1v) is 9.79. The van der Waals surface area contributed by atoms with Gasteiger partial charge in [0.25, 0.3) is 0 Å². The highest BCUT2D eigenvalue weighted by Gasteiger charge is 2.67. The summed E-state index contributed by atoms with van der Waals surface area (Å²) >= 11 is 0. The zero-order valence-corrected chi connectivity index (χ0v) is 16.1. The zero-order valence-electron chi connectivity index (χ0n) is 16.1. The molecule has 27 heavy (non-hydrogen) atoms. The third-order valence-corrected chi connectivity index (χ3v) is 6.36. The number of carbonyl (C=O) groups is 2. The van der Waals surface area contributed by atoms with E-state index in [2.05, 4.69) is 19.0 Å². The predicted molar refractivity (Wildman–Crippen MR) is 97.4 cm³/mol. The van der Waals surface area contributed by atoms with Gasteiger partial charge in [-0.2, -0.15) is 0 Å². The summed E-state index contributed by atoms with van der Waals surface area (Å²) < 4.78 is 11.0. The maximum atomic E-state index is 13.2. The van der Waals surface area contributed by atoms with Crippen LogP contribution < -0.4 is 0 Å². The fourth-order valence-electron chi connectivity index (χ4n) is 4.77. The number of nitrogens with zero attached hydrogens (tertiary/aromatic N) is 3. The minimum atomic E-state index is -0.636. The summed E-state index contributed by atoms with van der Waals surface area (Å²) in [5.74, 6) is -0.423. The molecule has 4 heterocycles. The van der Waals surface area contributed by atoms with Crippen LogP contribution in [0.4, 0.5) is 0 Å². The first-order chi connectivity index (χ1) is 13.0. The molecule has 3 aliphatic rings. The summed E-state index contributed by atoms with van der Waals surface area (Å²) in [7, 11) is 1.74. The van der Waals surface area contributed by atoms with Crippen molar-refractivity contribution >= 4 is 11.8 Å². The van der Waals surface area contributed by atoms with E-state index in [4.69, 9.17) is 9.26 Å². The summed E-state index contributed by atoms with van der Waals surface area (Å²) in [6, 6.07) is 1.74. The number of hydrogen-bond acceptors (Lipinski definition) is 5. The number of carbonyl (C=O) groups excluding carboxylic acids is 2. The summed E-state index contributed by atoms with van der Waals surface area (Å²) in [4.78, 5) is 29.9. The molecular weight excluding hydrogens is 346 g/mol. The van der Waals surface area contributed by atoms with Crippen molar-refractivity contribution in [3.63, 3.8) is 0 Å². The van der Waals surface area contributed by atoms with Crippen LogP contribution in [0.1, 0.15) is 32.4 Å². The second kappa shape index (κ2) is 6.78. The van der Waals surface area contributed by atoms with Crippen LogP contribution in [0.2, 0.25) is 0 Å². The quantitative estimate of drug-likeness (QED) is 0.682. The lowest BCUT2D eigenvalue weighted by Gasteiger charge is -2.27. The predicted octanol–water partition coefficient (Wildman–Crippen LogP) is 1.85. The summed E-state index contributed by atoms with van der Waals surface area (Å²) in [6.07, 6.45) is 7.22. The van der Waals surface area contributed by atoms with E-state index in [1.54, 1.807) is 18.0 Å². The Balaban J connectivity index is 1.53. The van der Waals surface area contributed by atoms with Crippen LogP contribution in [0.3, 0.4) is 0 Å². The molecule has 2 unspecified atom stereocenters. The lowest BCUT2D eigenvalue weighted by Crippen LogP contribution is -2.44. The molecule has 2 fully saturated rings. The third kappa shape index (κ3) is 2.88. The largest absolute Gasteiger partial charge is 0.364 e. The Morgan fingerprint density at radius 2 is 2.22 bits per heavy atom. The molecule has 0 aliphatic carbocycles. The van der Waals surface area contributed by atoms with Crippen molar-refractivity contribution in [2.45, 2.75) is 44.9 Å². The number of fused-ring (bicyclic) bond motifs is 1. The monoisotopic (exact) mass is 373 g/mol. The van der Waals surface area contributed by atoms with E-state index in [0.717, 1.165) is 19.4 Å². The first kappa shape index (κ1) is 18.2. The number of amides is 2. The zero-order chi connectivity index (χ0) is 19.2. The number of ether oxygens (including phenoxy) is 1. The van der Waals surface area contributed by atoms with Crippen LogP contribution >= 0.6 is 0 Å². The Hall–Kier alpha value is -2.15. The molecule has 0 saturated carbocycles. The SMILES string of the molecule is CCC(CC)CN1C[C@@]23C=C[C@@H](O2)C(C(=O)N(C)Cc2ccon2)C3C1=O. The van der Waals surface area contributed by atoms with Gasteiger partial charge >= 0.3 is 0 Å². The molecule has 1 aromatic rings. The van der Waals surface area contributed by atoms with Crippen molar-refractivity contribution in [3.8, 4) is 0 Å². The average molecular weight is 373 g/mol. The Kier molecular flexibility index (Phi) is 4.58. The summed E-state index contributed by atoms with van der Waals surface area (Å²) in [6.45, 7) is 5.95. The van der Waals surface area contributed by atoms with Gasteiger partial charge in [-0.1, -0.05) is 44.0 Å². The van der Waals surface area contributed by atoms with E-state index in [9.17, 15) is 9.59 Å². The van der Waals surface area contributed by atoms with Gasteiger partial charge in [0.2, 0.25) is 11.8 Å². The Morgan fingerprint density at radius 3 is 2.89 bits per heavy atom. The molecule has 2 saturated heterocycles. The molecule has 0 N–H and O–H groups in total. The molecule has 4 rings (SSSR count). The second-order valence-corrected chi connectivity index (χ2v) is 7.99. The van der Waals surface area contributed by atoms with Crippen LogP contribution in [-0.2, 0) is 20.9 Å². The fourth-order valence-corrected chi connectivity index (χ4v) is 4.77. The van der Waals surface area contributed by atoms with Gasteiger partial charge in [0.05, 0.1) is 31.0 Å². The smallest absolute Gasteiger partial charge is 0.230 e. The number of aromatic nitrogens is 1. The van der Waals surface area contributed by atoms with Crippen LogP contribution in [0, 0.1) is 17.8 Å². The van der Waals surface area contributed by atoms with Gasteiger partial charge in [0.1, 0.15) is 17.6 Å². The highest BCUT2D eigenvalue weighted by molar-refractivity contribution is 5.93. The van der Waals surface area contributed by atoms with Gasteiger partial charge in [-0.25, -0.2) is 0 Å². The standard InChI is InChI=1S/C20H27N3O4/c1-4-13(5-2)10-23-12-20-8-6-15(27-20)16(17(20)19(23)25)18(24)22(3)11-14-7-9-26-21-14/h6-9,13,15-17H,4-5,10-12H2,1-3H3/t15-,16?,17?,20-/m1/s1. The van der Waals surface area contributed by atoms with Crippen molar-refractivity contribution in [1.29, 1.82) is 0 Å². The molecule has 2 amide bonds. The lowest BCUT2D eigenvalue weighted by molar-refractivity contribution is -0.143. The molecule has 2 bridgehead atoms. The van der Waals surface area contributed by atoms with Crippen molar-refractivity contribution in [3.05, 3.63) is 30.2 Å². The van der Waals surface area contributed by atoms with E-state index in [1.807, 2.05) is 17.1 Å². The highest BCUT2D eigenvalue weighted by Crippen LogP contribution is 2.52. The van der Waals surface area contributed by atoms with Crippen LogP contribution in [0.5, 0.6) is 0 Å². The molecule has 0 radical (unpaired) electrons. The summed E-state index contributed by atoms with van der Waals surface area (Å²) in [5.41, 5.74) is 0.0522. The van der Waals surface area contributed by atoms with E-state index in [0.29, 0.717) is 24.7 Å².